The first-order valence-electron chi connectivity index (χ1n) is 10.3. The summed E-state index contributed by atoms with van der Waals surface area (Å²) in [5.41, 5.74) is 5.05. The van der Waals surface area contributed by atoms with Gasteiger partial charge in [-0.25, -0.2) is 15.4 Å². The van der Waals surface area contributed by atoms with Gasteiger partial charge in [-0.05, 0) is 56.7 Å². The molecule has 1 saturated heterocycles. The van der Waals surface area contributed by atoms with Gasteiger partial charge >= 0.3 is 0 Å². The van der Waals surface area contributed by atoms with E-state index in [0.717, 1.165) is 17.0 Å². The van der Waals surface area contributed by atoms with Crippen LogP contribution in [0.1, 0.15) is 23.9 Å². The number of thioether (sulfide) groups is 1. The van der Waals surface area contributed by atoms with E-state index >= 15 is 0 Å². The van der Waals surface area contributed by atoms with Gasteiger partial charge < -0.3 is 14.4 Å². The monoisotopic (exact) mass is 457 g/mol. The standard InChI is InChI=1S/C22H27N5O4S/c1-15-12-16(2)25-22(24-15)32-17(3)21(29)26-23-13-18-4-6-19(7-5-18)31-14-20(28)27-8-10-30-11-9-27/h4-7,12-13,17H,8-11,14H2,1-3H3,(H,26,29)/b23-13+. The fourth-order valence-electron chi connectivity index (χ4n) is 2.92. The zero-order valence-electron chi connectivity index (χ0n) is 18.4. The number of carbonyl (C=O) groups excluding carboxylic acids is 2. The van der Waals surface area contributed by atoms with E-state index in [1.54, 1.807) is 42.3 Å². The van der Waals surface area contributed by atoms with Crippen LogP contribution in [0.5, 0.6) is 5.75 Å². The van der Waals surface area contributed by atoms with E-state index in [1.165, 1.54) is 11.8 Å². The molecule has 1 N–H and O–H groups in total. The maximum Gasteiger partial charge on any atom is 0.260 e. The number of aryl methyl sites for hydroxylation is 2. The Kier molecular flexibility index (Phi) is 8.57. The van der Waals surface area contributed by atoms with Gasteiger partial charge in [0, 0.05) is 24.5 Å². The Balaban J connectivity index is 1.43. The summed E-state index contributed by atoms with van der Waals surface area (Å²) < 4.78 is 10.8. The highest BCUT2D eigenvalue weighted by molar-refractivity contribution is 8.00. The summed E-state index contributed by atoms with van der Waals surface area (Å²) >= 11 is 1.28. The Bertz CT molecular complexity index is 941. The number of hydrogen-bond donors (Lipinski definition) is 1. The smallest absolute Gasteiger partial charge is 0.260 e. The Morgan fingerprint density at radius 1 is 1.22 bits per heavy atom. The van der Waals surface area contributed by atoms with Gasteiger partial charge in [0.15, 0.2) is 11.8 Å². The number of nitrogens with one attached hydrogen (secondary N) is 1. The van der Waals surface area contributed by atoms with Crippen molar-refractivity contribution in [2.45, 2.75) is 31.2 Å². The lowest BCUT2D eigenvalue weighted by Crippen LogP contribution is -2.42. The molecule has 0 bridgehead atoms. The van der Waals surface area contributed by atoms with Gasteiger partial charge in [0.05, 0.1) is 24.7 Å². The fourth-order valence-corrected chi connectivity index (χ4v) is 3.79. The Morgan fingerprint density at radius 3 is 2.53 bits per heavy atom. The van der Waals surface area contributed by atoms with Crippen LogP contribution >= 0.6 is 11.8 Å². The lowest BCUT2D eigenvalue weighted by atomic mass is 10.2. The third-order valence-electron chi connectivity index (χ3n) is 4.61. The molecule has 32 heavy (non-hydrogen) atoms. The topological polar surface area (TPSA) is 106 Å². The first-order chi connectivity index (χ1) is 15.4. The van der Waals surface area contributed by atoms with Crippen LogP contribution < -0.4 is 10.2 Å². The highest BCUT2D eigenvalue weighted by Crippen LogP contribution is 2.20. The Labute approximate surface area is 191 Å². The molecular formula is C22H27N5O4S. The number of ether oxygens (including phenoxy) is 2. The fraction of sp³-hybridized carbons (Fsp3) is 0.409. The maximum atomic E-state index is 12.3. The summed E-state index contributed by atoms with van der Waals surface area (Å²) in [6.45, 7) is 7.87. The predicted molar refractivity (Wildman–Crippen MR) is 122 cm³/mol. The molecule has 10 heteroatoms. The van der Waals surface area contributed by atoms with Crippen LogP contribution in [0.3, 0.4) is 0 Å². The quantitative estimate of drug-likeness (QED) is 0.280. The second-order valence-corrected chi connectivity index (χ2v) is 8.59. The molecule has 1 aromatic carbocycles. The van der Waals surface area contributed by atoms with Crippen molar-refractivity contribution in [3.63, 3.8) is 0 Å². The van der Waals surface area contributed by atoms with Crippen molar-refractivity contribution in [2.75, 3.05) is 32.9 Å². The molecule has 0 saturated carbocycles. The molecule has 0 spiro atoms. The van der Waals surface area contributed by atoms with E-state index in [1.807, 2.05) is 19.9 Å². The van der Waals surface area contributed by atoms with Crippen molar-refractivity contribution in [1.82, 2.24) is 20.3 Å². The van der Waals surface area contributed by atoms with E-state index < -0.39 is 5.25 Å². The average molecular weight is 458 g/mol. The normalized spacial score (nSPS) is 14.9. The van der Waals surface area contributed by atoms with Crippen LogP contribution in [0.4, 0.5) is 0 Å². The number of hydrogen-bond acceptors (Lipinski definition) is 8. The molecule has 0 aliphatic carbocycles. The number of morpholine rings is 1. The Hall–Kier alpha value is -2.98. The Morgan fingerprint density at radius 2 is 1.88 bits per heavy atom. The minimum absolute atomic E-state index is 0.0107. The molecule has 1 fully saturated rings. The number of benzene rings is 1. The summed E-state index contributed by atoms with van der Waals surface area (Å²) in [7, 11) is 0. The van der Waals surface area contributed by atoms with Crippen molar-refractivity contribution >= 4 is 29.8 Å². The second-order valence-electron chi connectivity index (χ2n) is 7.28. The molecule has 3 rings (SSSR count). The molecule has 1 unspecified atom stereocenters. The molecule has 9 nitrogen and oxygen atoms in total. The molecule has 1 aliphatic rings. The van der Waals surface area contributed by atoms with Gasteiger partial charge in [0.2, 0.25) is 0 Å². The lowest BCUT2D eigenvalue weighted by molar-refractivity contribution is -0.137. The first-order valence-corrected chi connectivity index (χ1v) is 11.2. The molecule has 2 aromatic rings. The molecule has 0 radical (unpaired) electrons. The van der Waals surface area contributed by atoms with Crippen molar-refractivity contribution in [3.05, 3.63) is 47.3 Å². The number of rotatable bonds is 8. The van der Waals surface area contributed by atoms with Crippen LogP contribution in [0.25, 0.3) is 0 Å². The van der Waals surface area contributed by atoms with Crippen molar-refractivity contribution in [1.29, 1.82) is 0 Å². The molecule has 2 amide bonds. The molecular weight excluding hydrogens is 430 g/mol. The zero-order chi connectivity index (χ0) is 22.9. The lowest BCUT2D eigenvalue weighted by Gasteiger charge is -2.26. The van der Waals surface area contributed by atoms with Crippen molar-refractivity contribution in [3.8, 4) is 5.75 Å². The molecule has 1 atom stereocenters. The van der Waals surface area contributed by atoms with Gasteiger partial charge in [-0.1, -0.05) is 11.8 Å². The van der Waals surface area contributed by atoms with Gasteiger partial charge in [0.25, 0.3) is 11.8 Å². The summed E-state index contributed by atoms with van der Waals surface area (Å²) in [6, 6.07) is 8.99. The number of nitrogens with zero attached hydrogens (tertiary/aromatic N) is 4. The summed E-state index contributed by atoms with van der Waals surface area (Å²) in [6.07, 6.45) is 1.55. The number of carbonyl (C=O) groups is 2. The van der Waals surface area contributed by atoms with Gasteiger partial charge in [0.1, 0.15) is 5.75 Å². The highest BCUT2D eigenvalue weighted by Gasteiger charge is 2.17. The van der Waals surface area contributed by atoms with E-state index in [4.69, 9.17) is 9.47 Å². The molecule has 1 aliphatic heterocycles. The van der Waals surface area contributed by atoms with Crippen molar-refractivity contribution in [2.24, 2.45) is 5.10 Å². The van der Waals surface area contributed by atoms with Crippen LogP contribution in [0.15, 0.2) is 40.6 Å². The van der Waals surface area contributed by atoms with Crippen molar-refractivity contribution < 1.29 is 19.1 Å². The largest absolute Gasteiger partial charge is 0.484 e. The van der Waals surface area contributed by atoms with E-state index in [0.29, 0.717) is 37.2 Å². The maximum absolute atomic E-state index is 12.3. The zero-order valence-corrected chi connectivity index (χ0v) is 19.2. The van der Waals surface area contributed by atoms with Gasteiger partial charge in [-0.3, -0.25) is 9.59 Å². The highest BCUT2D eigenvalue weighted by atomic mass is 32.2. The number of hydrazone groups is 1. The molecule has 170 valence electrons. The van der Waals surface area contributed by atoms with Crippen LogP contribution in [-0.4, -0.2) is 71.1 Å². The molecule has 1 aromatic heterocycles. The van der Waals surface area contributed by atoms with E-state index in [-0.39, 0.29) is 18.4 Å². The number of aromatic nitrogens is 2. The SMILES string of the molecule is Cc1cc(C)nc(SC(C)C(=O)N/N=C/c2ccc(OCC(=O)N3CCOCC3)cc2)n1. The third kappa shape index (κ3) is 7.31. The van der Waals surface area contributed by atoms with E-state index in [9.17, 15) is 9.59 Å². The van der Waals surface area contributed by atoms with Gasteiger partial charge in [-0.2, -0.15) is 5.10 Å². The van der Waals surface area contributed by atoms with Crippen LogP contribution in [-0.2, 0) is 14.3 Å². The number of amides is 2. The average Bonchev–Trinajstić information content (AvgIpc) is 2.78. The summed E-state index contributed by atoms with van der Waals surface area (Å²) in [5.74, 6) is 0.293. The predicted octanol–water partition coefficient (Wildman–Crippen LogP) is 1.96. The van der Waals surface area contributed by atoms with E-state index in [2.05, 4.69) is 20.5 Å². The first kappa shape index (κ1) is 23.7. The van der Waals surface area contributed by atoms with Crippen LogP contribution in [0, 0.1) is 13.8 Å². The van der Waals surface area contributed by atoms with Gasteiger partial charge in [-0.15, -0.1) is 0 Å². The van der Waals surface area contributed by atoms with Crippen LogP contribution in [0.2, 0.25) is 0 Å². The molecule has 2 heterocycles. The summed E-state index contributed by atoms with van der Waals surface area (Å²) in [5, 5.41) is 4.18. The third-order valence-corrected chi connectivity index (χ3v) is 5.57. The summed E-state index contributed by atoms with van der Waals surface area (Å²) in [4.78, 5) is 34.8. The minimum atomic E-state index is -0.395. The second kappa shape index (κ2) is 11.6. The minimum Gasteiger partial charge on any atom is -0.484 e.